The van der Waals surface area contributed by atoms with Crippen LogP contribution in [-0.2, 0) is 9.59 Å². The van der Waals surface area contributed by atoms with Crippen LogP contribution in [0.3, 0.4) is 0 Å². The summed E-state index contributed by atoms with van der Waals surface area (Å²) in [6.07, 6.45) is 3.75. The molecule has 0 aliphatic carbocycles. The van der Waals surface area contributed by atoms with Gasteiger partial charge in [0.05, 0.1) is 6.21 Å². The minimum Gasteiger partial charge on any atom is -0.326 e. The van der Waals surface area contributed by atoms with Gasteiger partial charge in [0.15, 0.2) is 0 Å². The van der Waals surface area contributed by atoms with Crippen molar-refractivity contribution in [2.75, 3.05) is 5.32 Å². The van der Waals surface area contributed by atoms with Crippen molar-refractivity contribution in [3.05, 3.63) is 69.7 Å². The highest BCUT2D eigenvalue weighted by Gasteiger charge is 2.06. The second-order valence-electron chi connectivity index (χ2n) is 7.06. The molecule has 0 heterocycles. The van der Waals surface area contributed by atoms with E-state index in [9.17, 15) is 9.59 Å². The number of nitrogens with zero attached hydrogens (tertiary/aromatic N) is 1. The van der Waals surface area contributed by atoms with Gasteiger partial charge in [0, 0.05) is 23.0 Å². The molecule has 6 heteroatoms. The Bertz CT molecular complexity index is 885. The fourth-order valence-electron chi connectivity index (χ4n) is 2.52. The monoisotopic (exact) mass is 455 g/mol. The minimum absolute atomic E-state index is 0.0686. The number of allylic oxidation sites excluding steroid dienone is 1. The van der Waals surface area contributed by atoms with E-state index in [1.807, 2.05) is 25.1 Å². The Balaban J connectivity index is 1.75. The van der Waals surface area contributed by atoms with Gasteiger partial charge in [0.1, 0.15) is 0 Å². The molecule has 29 heavy (non-hydrogen) atoms. The predicted molar refractivity (Wildman–Crippen MR) is 123 cm³/mol. The molecule has 2 rings (SSSR count). The van der Waals surface area contributed by atoms with E-state index in [1.165, 1.54) is 5.56 Å². The summed E-state index contributed by atoms with van der Waals surface area (Å²) >= 11 is 3.34. The third-order valence-corrected chi connectivity index (χ3v) is 4.69. The predicted octanol–water partition coefficient (Wildman–Crippen LogP) is 5.50. The second-order valence-corrected chi connectivity index (χ2v) is 7.97. The molecule has 0 radical (unpaired) electrons. The summed E-state index contributed by atoms with van der Waals surface area (Å²) in [4.78, 5) is 23.8. The summed E-state index contributed by atoms with van der Waals surface area (Å²) in [5.41, 5.74) is 6.43. The molecular weight excluding hydrogens is 430 g/mol. The number of amides is 2. The molecule has 2 N–H and O–H groups in total. The van der Waals surface area contributed by atoms with E-state index in [4.69, 9.17) is 0 Å². The van der Waals surface area contributed by atoms with Crippen LogP contribution >= 0.6 is 15.9 Å². The van der Waals surface area contributed by atoms with Crippen molar-refractivity contribution in [1.82, 2.24) is 5.43 Å². The Hall–Kier alpha value is -2.73. The van der Waals surface area contributed by atoms with Crippen molar-refractivity contribution in [2.24, 2.45) is 5.10 Å². The van der Waals surface area contributed by atoms with Gasteiger partial charge in [-0.05, 0) is 53.8 Å². The van der Waals surface area contributed by atoms with E-state index < -0.39 is 0 Å². The molecular formula is C23H26BrN3O2. The van der Waals surface area contributed by atoms with Gasteiger partial charge < -0.3 is 5.32 Å². The van der Waals surface area contributed by atoms with Gasteiger partial charge in [-0.25, -0.2) is 5.43 Å². The summed E-state index contributed by atoms with van der Waals surface area (Å²) in [5.74, 6) is -0.0171. The van der Waals surface area contributed by atoms with Crippen LogP contribution in [0.2, 0.25) is 0 Å². The van der Waals surface area contributed by atoms with Crippen LogP contribution < -0.4 is 10.7 Å². The van der Waals surface area contributed by atoms with Crippen LogP contribution in [0.15, 0.2) is 63.7 Å². The zero-order valence-corrected chi connectivity index (χ0v) is 18.5. The molecule has 0 aliphatic rings. The molecule has 0 fully saturated rings. The first kappa shape index (κ1) is 22.6. The Morgan fingerprint density at radius 3 is 2.24 bits per heavy atom. The smallest absolute Gasteiger partial charge is 0.240 e. The van der Waals surface area contributed by atoms with Crippen molar-refractivity contribution < 1.29 is 9.59 Å². The molecule has 0 spiro atoms. The molecule has 0 saturated carbocycles. The summed E-state index contributed by atoms with van der Waals surface area (Å²) in [5, 5.41) is 6.70. The standard InChI is InChI=1S/C23H26BrN3O2/c1-16(2)19-6-4-18(5-7-19)14-17(3)15-25-27-23(29)13-12-22(28)26-21-10-8-20(24)9-11-21/h4-11,14-16H,12-13H2,1-3H3,(H,26,28)(H,27,29)/b17-14+,25-15-. The highest BCUT2D eigenvalue weighted by Crippen LogP contribution is 2.16. The minimum atomic E-state index is -0.304. The zero-order valence-electron chi connectivity index (χ0n) is 16.9. The van der Waals surface area contributed by atoms with E-state index in [-0.39, 0.29) is 24.7 Å². The number of hydrazone groups is 1. The van der Waals surface area contributed by atoms with Crippen molar-refractivity contribution in [1.29, 1.82) is 0 Å². The van der Waals surface area contributed by atoms with Gasteiger partial charge in [-0.3, -0.25) is 9.59 Å². The maximum Gasteiger partial charge on any atom is 0.240 e. The summed E-state index contributed by atoms with van der Waals surface area (Å²) < 4.78 is 0.935. The first-order valence-electron chi connectivity index (χ1n) is 9.49. The van der Waals surface area contributed by atoms with E-state index in [0.717, 1.165) is 15.6 Å². The zero-order chi connectivity index (χ0) is 21.2. The largest absolute Gasteiger partial charge is 0.326 e. The third-order valence-electron chi connectivity index (χ3n) is 4.16. The highest BCUT2D eigenvalue weighted by molar-refractivity contribution is 9.10. The number of carbonyl (C=O) groups is 2. The topological polar surface area (TPSA) is 70.6 Å². The van der Waals surface area contributed by atoms with E-state index in [2.05, 4.69) is 69.9 Å². The lowest BCUT2D eigenvalue weighted by molar-refractivity contribution is -0.124. The number of benzene rings is 2. The van der Waals surface area contributed by atoms with Gasteiger partial charge in [0.25, 0.3) is 0 Å². The van der Waals surface area contributed by atoms with Crippen LogP contribution in [0.4, 0.5) is 5.69 Å². The Labute approximate surface area is 180 Å². The molecule has 2 amide bonds. The van der Waals surface area contributed by atoms with Crippen molar-refractivity contribution in [2.45, 2.75) is 39.5 Å². The second kappa shape index (κ2) is 11.3. The van der Waals surface area contributed by atoms with Crippen molar-refractivity contribution in [3.63, 3.8) is 0 Å². The van der Waals surface area contributed by atoms with Gasteiger partial charge in [-0.2, -0.15) is 5.10 Å². The fourth-order valence-corrected chi connectivity index (χ4v) is 2.79. The lowest BCUT2D eigenvalue weighted by Crippen LogP contribution is -2.20. The number of rotatable bonds is 8. The molecule has 0 bridgehead atoms. The number of anilines is 1. The maximum absolute atomic E-state index is 11.9. The van der Waals surface area contributed by atoms with Gasteiger partial charge in [-0.15, -0.1) is 0 Å². The van der Waals surface area contributed by atoms with Gasteiger partial charge >= 0.3 is 0 Å². The number of nitrogens with one attached hydrogen (secondary N) is 2. The number of halogens is 1. The van der Waals surface area contributed by atoms with Gasteiger partial charge in [-0.1, -0.05) is 60.1 Å². The maximum atomic E-state index is 11.9. The van der Waals surface area contributed by atoms with Crippen LogP contribution in [0, 0.1) is 0 Å². The molecule has 152 valence electrons. The third kappa shape index (κ3) is 8.44. The summed E-state index contributed by atoms with van der Waals surface area (Å²) in [7, 11) is 0. The molecule has 0 atom stereocenters. The van der Waals surface area contributed by atoms with Crippen molar-refractivity contribution >= 4 is 45.7 Å². The highest BCUT2D eigenvalue weighted by atomic mass is 79.9. The lowest BCUT2D eigenvalue weighted by Gasteiger charge is -2.05. The lowest BCUT2D eigenvalue weighted by atomic mass is 10.0. The number of carbonyl (C=O) groups excluding carboxylic acids is 2. The van der Waals surface area contributed by atoms with Crippen molar-refractivity contribution in [3.8, 4) is 0 Å². The molecule has 5 nitrogen and oxygen atoms in total. The first-order chi connectivity index (χ1) is 13.8. The average Bonchev–Trinajstić information content (AvgIpc) is 2.68. The van der Waals surface area contributed by atoms with E-state index in [1.54, 1.807) is 18.3 Å². The van der Waals surface area contributed by atoms with Crippen LogP contribution in [0.1, 0.15) is 50.7 Å². The fraction of sp³-hybridized carbons (Fsp3) is 0.261. The molecule has 0 saturated heterocycles. The van der Waals surface area contributed by atoms with Crippen LogP contribution in [0.5, 0.6) is 0 Å². The van der Waals surface area contributed by atoms with Gasteiger partial charge in [0.2, 0.25) is 11.8 Å². The van der Waals surface area contributed by atoms with E-state index >= 15 is 0 Å². The molecule has 2 aromatic carbocycles. The molecule has 2 aromatic rings. The van der Waals surface area contributed by atoms with Crippen LogP contribution in [0.25, 0.3) is 6.08 Å². The summed E-state index contributed by atoms with van der Waals surface area (Å²) in [6.45, 7) is 6.24. The Morgan fingerprint density at radius 1 is 1.00 bits per heavy atom. The number of hydrogen-bond acceptors (Lipinski definition) is 3. The number of hydrogen-bond donors (Lipinski definition) is 2. The molecule has 0 aliphatic heterocycles. The molecule has 0 aromatic heterocycles. The van der Waals surface area contributed by atoms with Crippen LogP contribution in [-0.4, -0.2) is 18.0 Å². The first-order valence-corrected chi connectivity index (χ1v) is 10.3. The SMILES string of the molecule is CC(/C=N\NC(=O)CCC(=O)Nc1ccc(Br)cc1)=C\c1ccc(C(C)C)cc1. The van der Waals surface area contributed by atoms with E-state index in [0.29, 0.717) is 11.6 Å². The average molecular weight is 456 g/mol. The Morgan fingerprint density at radius 2 is 1.62 bits per heavy atom. The normalized spacial score (nSPS) is 11.7. The quantitative estimate of drug-likeness (QED) is 0.407. The summed E-state index contributed by atoms with van der Waals surface area (Å²) in [6, 6.07) is 15.6. The molecule has 0 unspecified atom stereocenters. The Kier molecular flexibility index (Phi) is 8.80.